The van der Waals surface area contributed by atoms with E-state index in [0.717, 1.165) is 11.8 Å². The van der Waals surface area contributed by atoms with E-state index in [2.05, 4.69) is 39.1 Å². The molecule has 0 aliphatic carbocycles. The minimum absolute atomic E-state index is 0.120. The van der Waals surface area contributed by atoms with Crippen LogP contribution in [0.25, 0.3) is 16.9 Å². The maximum absolute atomic E-state index is 13.5. The summed E-state index contributed by atoms with van der Waals surface area (Å²) in [6.45, 7) is 4.72. The highest BCUT2D eigenvalue weighted by Crippen LogP contribution is 2.34. The molecule has 6 nitrogen and oxygen atoms in total. The Bertz CT molecular complexity index is 1110. The summed E-state index contributed by atoms with van der Waals surface area (Å²) in [5.41, 5.74) is 1.25. The quantitative estimate of drug-likeness (QED) is 0.467. The monoisotopic (exact) mass is 428 g/mol. The van der Waals surface area contributed by atoms with E-state index in [0.29, 0.717) is 24.0 Å². The van der Waals surface area contributed by atoms with Gasteiger partial charge in [0.25, 0.3) is 0 Å². The molecule has 0 saturated carbocycles. The third-order valence-electron chi connectivity index (χ3n) is 4.20. The van der Waals surface area contributed by atoms with E-state index in [1.807, 2.05) is 12.1 Å². The van der Waals surface area contributed by atoms with Gasteiger partial charge in [0, 0.05) is 25.1 Å². The summed E-state index contributed by atoms with van der Waals surface area (Å²) in [5, 5.41) is 2.98. The number of nitrogens with zero attached hydrogens (tertiary/aromatic N) is 5. The third-order valence-corrected chi connectivity index (χ3v) is 4.20. The van der Waals surface area contributed by atoms with Gasteiger partial charge in [0.05, 0.1) is 11.0 Å². The van der Waals surface area contributed by atoms with E-state index in [-0.39, 0.29) is 11.8 Å². The number of rotatable bonds is 5. The number of benzene rings is 1. The van der Waals surface area contributed by atoms with Crippen LogP contribution in [0.2, 0.25) is 0 Å². The van der Waals surface area contributed by atoms with Crippen molar-refractivity contribution in [1.82, 2.24) is 24.5 Å². The first-order valence-corrected chi connectivity index (χ1v) is 9.93. The zero-order chi connectivity index (χ0) is 22.3. The van der Waals surface area contributed by atoms with E-state index in [9.17, 15) is 13.2 Å². The van der Waals surface area contributed by atoms with Crippen LogP contribution >= 0.6 is 0 Å². The Morgan fingerprint density at radius 1 is 1.00 bits per heavy atom. The van der Waals surface area contributed by atoms with Crippen LogP contribution in [-0.2, 0) is 12.6 Å². The molecule has 0 saturated heterocycles. The van der Waals surface area contributed by atoms with Crippen molar-refractivity contribution >= 4 is 17.0 Å². The van der Waals surface area contributed by atoms with Crippen molar-refractivity contribution in [2.24, 2.45) is 0 Å². The molecule has 0 aliphatic rings. The van der Waals surface area contributed by atoms with E-state index in [1.165, 1.54) is 17.3 Å². The van der Waals surface area contributed by atoms with Crippen molar-refractivity contribution in [1.29, 1.82) is 0 Å². The number of hydrogen-bond acceptors (Lipinski definition) is 5. The van der Waals surface area contributed by atoms with Crippen molar-refractivity contribution in [3.8, 4) is 5.82 Å². The van der Waals surface area contributed by atoms with Crippen LogP contribution in [-0.4, -0.2) is 31.0 Å². The van der Waals surface area contributed by atoms with E-state index in [4.69, 9.17) is 0 Å². The Balaban J connectivity index is 0.000000858. The van der Waals surface area contributed by atoms with Gasteiger partial charge < -0.3 is 5.32 Å². The average molecular weight is 428 g/mol. The van der Waals surface area contributed by atoms with Crippen LogP contribution in [0.5, 0.6) is 0 Å². The summed E-state index contributed by atoms with van der Waals surface area (Å²) in [6, 6.07) is 10.7. The second-order valence-electron chi connectivity index (χ2n) is 6.77. The molecule has 162 valence electrons. The van der Waals surface area contributed by atoms with Gasteiger partial charge in [0.1, 0.15) is 11.9 Å². The van der Waals surface area contributed by atoms with Crippen LogP contribution in [0.1, 0.15) is 31.4 Å². The van der Waals surface area contributed by atoms with Gasteiger partial charge in [-0.2, -0.15) is 18.2 Å². The summed E-state index contributed by atoms with van der Waals surface area (Å²) in [7, 11) is 0. The molecule has 0 radical (unpaired) electrons. The zero-order valence-corrected chi connectivity index (χ0v) is 17.3. The molecule has 4 aromatic rings. The molecule has 4 rings (SSSR count). The average Bonchev–Trinajstić information content (AvgIpc) is 3.18. The molecule has 3 aromatic heterocycles. The zero-order valence-electron chi connectivity index (χ0n) is 17.3. The Hall–Kier alpha value is -3.49. The molecule has 0 amide bonds. The first kappa shape index (κ1) is 22.2. The van der Waals surface area contributed by atoms with Crippen molar-refractivity contribution in [2.45, 2.75) is 32.9 Å². The molecule has 0 bridgehead atoms. The predicted octanol–water partition coefficient (Wildman–Crippen LogP) is 5.30. The SMILES string of the molecule is CCC.FC(F)(F)c1cnc(NCCc2ccncc2)nc1-n1cnc2ccccc21. The molecule has 1 aromatic carbocycles. The van der Waals surface area contributed by atoms with Crippen LogP contribution < -0.4 is 5.32 Å². The summed E-state index contributed by atoms with van der Waals surface area (Å²) in [5.74, 6) is -0.141. The predicted molar refractivity (Wildman–Crippen MR) is 114 cm³/mol. The van der Waals surface area contributed by atoms with Gasteiger partial charge in [-0.15, -0.1) is 0 Å². The second kappa shape index (κ2) is 10.0. The second-order valence-corrected chi connectivity index (χ2v) is 6.77. The number of para-hydroxylation sites is 2. The topological polar surface area (TPSA) is 68.5 Å². The lowest BCUT2D eigenvalue weighted by Gasteiger charge is -2.14. The largest absolute Gasteiger partial charge is 0.421 e. The van der Waals surface area contributed by atoms with Crippen LogP contribution in [0.15, 0.2) is 61.3 Å². The number of anilines is 1. The van der Waals surface area contributed by atoms with Gasteiger partial charge in [0.15, 0.2) is 5.82 Å². The van der Waals surface area contributed by atoms with Gasteiger partial charge in [0.2, 0.25) is 5.95 Å². The first-order chi connectivity index (χ1) is 14.9. The third kappa shape index (κ3) is 5.56. The van der Waals surface area contributed by atoms with Crippen molar-refractivity contribution in [3.05, 3.63) is 72.4 Å². The standard InChI is InChI=1S/C19H15F3N6.C3H8/c20-19(21,22)14-11-25-18(24-10-7-13-5-8-23-9-6-13)27-17(14)28-12-26-15-3-1-2-4-16(15)28;1-3-2/h1-6,8-9,11-12H,7,10H2,(H,24,25,27);3H2,1-2H3. The molecule has 0 fully saturated rings. The van der Waals surface area contributed by atoms with Gasteiger partial charge >= 0.3 is 6.18 Å². The highest BCUT2D eigenvalue weighted by Gasteiger charge is 2.36. The highest BCUT2D eigenvalue weighted by molar-refractivity contribution is 5.77. The van der Waals surface area contributed by atoms with Gasteiger partial charge in [-0.25, -0.2) is 9.97 Å². The molecule has 31 heavy (non-hydrogen) atoms. The van der Waals surface area contributed by atoms with E-state index < -0.39 is 11.7 Å². The molecular formula is C22H23F3N6. The van der Waals surface area contributed by atoms with Crippen molar-refractivity contribution in [2.75, 3.05) is 11.9 Å². The normalized spacial score (nSPS) is 11.1. The fraction of sp³-hybridized carbons (Fsp3) is 0.273. The minimum atomic E-state index is -4.59. The lowest BCUT2D eigenvalue weighted by molar-refractivity contribution is -0.137. The fourth-order valence-electron chi connectivity index (χ4n) is 2.84. The Morgan fingerprint density at radius 3 is 2.42 bits per heavy atom. The van der Waals surface area contributed by atoms with Crippen molar-refractivity contribution in [3.63, 3.8) is 0 Å². The molecule has 0 spiro atoms. The molecule has 0 unspecified atom stereocenters. The van der Waals surface area contributed by atoms with Gasteiger partial charge in [-0.1, -0.05) is 32.4 Å². The summed E-state index contributed by atoms with van der Waals surface area (Å²) >= 11 is 0. The highest BCUT2D eigenvalue weighted by atomic mass is 19.4. The molecule has 0 atom stereocenters. The lowest BCUT2D eigenvalue weighted by Crippen LogP contribution is -2.16. The Morgan fingerprint density at radius 2 is 1.71 bits per heavy atom. The Labute approximate surface area is 178 Å². The number of halogens is 3. The Kier molecular flexibility index (Phi) is 7.17. The molecule has 0 aliphatic heterocycles. The molecule has 3 heterocycles. The van der Waals surface area contributed by atoms with E-state index in [1.54, 1.807) is 36.7 Å². The van der Waals surface area contributed by atoms with Crippen LogP contribution in [0.3, 0.4) is 0 Å². The summed E-state index contributed by atoms with van der Waals surface area (Å²) in [4.78, 5) is 16.1. The molecule has 9 heteroatoms. The number of imidazole rings is 1. The number of fused-ring (bicyclic) bond motifs is 1. The van der Waals surface area contributed by atoms with Gasteiger partial charge in [-0.3, -0.25) is 9.55 Å². The molecular weight excluding hydrogens is 405 g/mol. The fourth-order valence-corrected chi connectivity index (χ4v) is 2.84. The number of nitrogens with one attached hydrogen (secondary N) is 1. The summed E-state index contributed by atoms with van der Waals surface area (Å²) in [6.07, 6.45) is 2.83. The van der Waals surface area contributed by atoms with E-state index >= 15 is 0 Å². The van der Waals surface area contributed by atoms with Crippen LogP contribution in [0, 0.1) is 0 Å². The maximum Gasteiger partial charge on any atom is 0.421 e. The van der Waals surface area contributed by atoms with Gasteiger partial charge in [-0.05, 0) is 36.2 Å². The molecule has 1 N–H and O–H groups in total. The maximum atomic E-state index is 13.5. The smallest absolute Gasteiger partial charge is 0.354 e. The number of pyridine rings is 1. The summed E-state index contributed by atoms with van der Waals surface area (Å²) < 4.78 is 41.8. The lowest BCUT2D eigenvalue weighted by atomic mass is 10.2. The minimum Gasteiger partial charge on any atom is -0.354 e. The number of aromatic nitrogens is 5. The van der Waals surface area contributed by atoms with Crippen molar-refractivity contribution < 1.29 is 13.2 Å². The first-order valence-electron chi connectivity index (χ1n) is 9.93. The number of alkyl halides is 3. The van der Waals surface area contributed by atoms with Crippen LogP contribution in [0.4, 0.5) is 19.1 Å². The number of hydrogen-bond donors (Lipinski definition) is 1.